The molecule has 1 fully saturated rings. The van der Waals surface area contributed by atoms with Crippen molar-refractivity contribution in [2.24, 2.45) is 0 Å². The average Bonchev–Trinajstić information content (AvgIpc) is 3.10. The molecule has 1 unspecified atom stereocenters. The smallest absolute Gasteiger partial charge is 0.300 e. The van der Waals surface area contributed by atoms with E-state index in [-0.39, 0.29) is 11.3 Å². The molecule has 2 aromatic carbocycles. The second kappa shape index (κ2) is 9.79. The van der Waals surface area contributed by atoms with E-state index < -0.39 is 17.7 Å². The Morgan fingerprint density at radius 3 is 2.38 bits per heavy atom. The molecule has 34 heavy (non-hydrogen) atoms. The minimum absolute atomic E-state index is 0.00966. The topological polar surface area (TPSA) is 89.0 Å². The fourth-order valence-corrected chi connectivity index (χ4v) is 4.15. The molecule has 1 amide bonds. The number of nitrogens with zero attached hydrogens (tertiary/aromatic N) is 2. The number of anilines is 1. The number of aryl methyl sites for hydroxylation is 1. The summed E-state index contributed by atoms with van der Waals surface area (Å²) < 4.78 is 11.3. The zero-order valence-electron chi connectivity index (χ0n) is 19.3. The number of amides is 1. The largest absolute Gasteiger partial charge is 0.507 e. The number of rotatable bonds is 7. The zero-order valence-corrected chi connectivity index (χ0v) is 19.3. The van der Waals surface area contributed by atoms with Gasteiger partial charge in [0, 0.05) is 24.1 Å². The molecule has 4 rings (SSSR count). The van der Waals surface area contributed by atoms with Gasteiger partial charge in [-0.1, -0.05) is 18.2 Å². The lowest BCUT2D eigenvalue weighted by molar-refractivity contribution is -0.132. The predicted molar refractivity (Wildman–Crippen MR) is 129 cm³/mol. The number of carbonyl (C=O) groups is 2. The number of aliphatic hydroxyl groups is 1. The highest BCUT2D eigenvalue weighted by atomic mass is 16.5. The Labute approximate surface area is 198 Å². The number of pyridine rings is 1. The van der Waals surface area contributed by atoms with Gasteiger partial charge in [-0.25, -0.2) is 0 Å². The molecule has 2 heterocycles. The van der Waals surface area contributed by atoms with Crippen LogP contribution in [0.2, 0.25) is 0 Å². The van der Waals surface area contributed by atoms with Crippen molar-refractivity contribution in [2.45, 2.75) is 26.8 Å². The van der Waals surface area contributed by atoms with Crippen LogP contribution in [0.5, 0.6) is 11.5 Å². The van der Waals surface area contributed by atoms with Crippen molar-refractivity contribution in [1.82, 2.24) is 4.98 Å². The summed E-state index contributed by atoms with van der Waals surface area (Å²) in [6.45, 7) is 6.39. The van der Waals surface area contributed by atoms with Crippen LogP contribution in [0.4, 0.5) is 5.69 Å². The molecule has 1 saturated heterocycles. The molecule has 174 valence electrons. The zero-order chi connectivity index (χ0) is 24.2. The summed E-state index contributed by atoms with van der Waals surface area (Å²) in [5, 5.41) is 11.4. The van der Waals surface area contributed by atoms with Crippen LogP contribution in [0.1, 0.15) is 36.6 Å². The highest BCUT2D eigenvalue weighted by Gasteiger charge is 2.47. The quantitative estimate of drug-likeness (QED) is 0.310. The van der Waals surface area contributed by atoms with E-state index in [1.807, 2.05) is 39.0 Å². The number of carbonyl (C=O) groups excluding carboxylic acids is 2. The van der Waals surface area contributed by atoms with Gasteiger partial charge in [0.15, 0.2) is 0 Å². The number of para-hydroxylation sites is 1. The maximum absolute atomic E-state index is 13.3. The van der Waals surface area contributed by atoms with Gasteiger partial charge in [-0.15, -0.1) is 0 Å². The molecule has 1 aliphatic heterocycles. The molecule has 1 N–H and O–H groups in total. The van der Waals surface area contributed by atoms with Crippen LogP contribution in [0, 0.1) is 6.92 Å². The molecule has 1 atom stereocenters. The first-order valence-corrected chi connectivity index (χ1v) is 11.1. The summed E-state index contributed by atoms with van der Waals surface area (Å²) in [5.41, 5.74) is 2.39. The third-order valence-corrected chi connectivity index (χ3v) is 5.66. The molecule has 0 saturated carbocycles. The van der Waals surface area contributed by atoms with E-state index in [9.17, 15) is 14.7 Å². The maximum atomic E-state index is 13.3. The van der Waals surface area contributed by atoms with Crippen molar-refractivity contribution >= 4 is 23.1 Å². The van der Waals surface area contributed by atoms with Gasteiger partial charge in [0.05, 0.1) is 30.4 Å². The van der Waals surface area contributed by atoms with E-state index in [2.05, 4.69) is 4.98 Å². The van der Waals surface area contributed by atoms with Crippen LogP contribution < -0.4 is 14.4 Å². The Bertz CT molecular complexity index is 1250. The summed E-state index contributed by atoms with van der Waals surface area (Å²) in [6, 6.07) is 15.0. The third kappa shape index (κ3) is 4.12. The Morgan fingerprint density at radius 2 is 1.71 bits per heavy atom. The van der Waals surface area contributed by atoms with Gasteiger partial charge >= 0.3 is 0 Å². The highest BCUT2D eigenvalue weighted by Crippen LogP contribution is 2.44. The number of hydrogen-bond donors (Lipinski definition) is 1. The van der Waals surface area contributed by atoms with Gasteiger partial charge in [-0.05, 0) is 62.2 Å². The van der Waals surface area contributed by atoms with Crippen LogP contribution in [-0.2, 0) is 9.59 Å². The summed E-state index contributed by atoms with van der Waals surface area (Å²) in [4.78, 5) is 32.2. The van der Waals surface area contributed by atoms with E-state index in [1.54, 1.807) is 48.8 Å². The minimum atomic E-state index is -0.829. The van der Waals surface area contributed by atoms with Gasteiger partial charge in [0.25, 0.3) is 11.7 Å². The van der Waals surface area contributed by atoms with Gasteiger partial charge in [0.1, 0.15) is 17.3 Å². The van der Waals surface area contributed by atoms with Crippen LogP contribution in [0.25, 0.3) is 5.76 Å². The van der Waals surface area contributed by atoms with E-state index in [4.69, 9.17) is 9.47 Å². The Hall–Kier alpha value is -4.13. The summed E-state index contributed by atoms with van der Waals surface area (Å²) >= 11 is 0. The van der Waals surface area contributed by atoms with Crippen molar-refractivity contribution < 1.29 is 24.2 Å². The van der Waals surface area contributed by atoms with Gasteiger partial charge in [0.2, 0.25) is 0 Å². The third-order valence-electron chi connectivity index (χ3n) is 5.66. The van der Waals surface area contributed by atoms with Crippen LogP contribution in [0.3, 0.4) is 0 Å². The van der Waals surface area contributed by atoms with E-state index >= 15 is 0 Å². The Balaban J connectivity index is 1.94. The summed E-state index contributed by atoms with van der Waals surface area (Å²) in [6.07, 6.45) is 3.19. The Morgan fingerprint density at radius 1 is 1.00 bits per heavy atom. The maximum Gasteiger partial charge on any atom is 0.300 e. The van der Waals surface area contributed by atoms with E-state index in [0.717, 1.165) is 5.56 Å². The second-order valence-corrected chi connectivity index (χ2v) is 7.76. The number of aliphatic hydroxyl groups excluding tert-OH is 1. The average molecular weight is 459 g/mol. The fraction of sp³-hybridized carbons (Fsp3) is 0.222. The number of benzene rings is 2. The standard InChI is InChI=1S/C27H26N2O5/c1-4-33-19-10-11-20(22(16-19)34-5-2)25(30)23-24(18-12-14-28-15-13-18)29(27(32)26(23)31)21-9-7-6-8-17(21)3/h6-16,24,30H,4-5H2,1-3H3/b25-23-. The van der Waals surface area contributed by atoms with Gasteiger partial charge < -0.3 is 14.6 Å². The molecule has 3 aromatic rings. The number of aromatic nitrogens is 1. The molecule has 7 heteroatoms. The number of Topliss-reactive ketones (excluding diaryl/α,β-unsaturated/α-hetero) is 1. The fourth-order valence-electron chi connectivity index (χ4n) is 4.15. The van der Waals surface area contributed by atoms with Gasteiger partial charge in [-0.2, -0.15) is 0 Å². The molecular formula is C27H26N2O5. The van der Waals surface area contributed by atoms with E-state index in [1.165, 1.54) is 4.90 Å². The van der Waals surface area contributed by atoms with Crippen molar-refractivity contribution in [1.29, 1.82) is 0 Å². The first-order chi connectivity index (χ1) is 16.5. The van der Waals surface area contributed by atoms with Crippen LogP contribution in [0.15, 0.2) is 72.6 Å². The molecule has 1 aromatic heterocycles. The summed E-state index contributed by atoms with van der Waals surface area (Å²) in [5.74, 6) is -0.835. The number of ketones is 1. The molecule has 0 radical (unpaired) electrons. The van der Waals surface area contributed by atoms with Crippen molar-refractivity contribution in [2.75, 3.05) is 18.1 Å². The molecule has 0 bridgehead atoms. The second-order valence-electron chi connectivity index (χ2n) is 7.76. The predicted octanol–water partition coefficient (Wildman–Crippen LogP) is 4.81. The van der Waals surface area contributed by atoms with Crippen LogP contribution >= 0.6 is 0 Å². The summed E-state index contributed by atoms with van der Waals surface area (Å²) in [7, 11) is 0. The number of ether oxygens (including phenoxy) is 2. The lowest BCUT2D eigenvalue weighted by atomic mass is 9.95. The molecule has 7 nitrogen and oxygen atoms in total. The van der Waals surface area contributed by atoms with Crippen molar-refractivity contribution in [3.8, 4) is 11.5 Å². The van der Waals surface area contributed by atoms with Gasteiger partial charge in [-0.3, -0.25) is 19.5 Å². The lowest BCUT2D eigenvalue weighted by Crippen LogP contribution is -2.30. The first kappa shape index (κ1) is 23.0. The Kier molecular flexibility index (Phi) is 6.63. The highest BCUT2D eigenvalue weighted by molar-refractivity contribution is 6.51. The SMILES string of the molecule is CCOc1ccc(/C(O)=C2/C(=O)C(=O)N(c3ccccc3C)C2c2ccncc2)c(OCC)c1. The first-order valence-electron chi connectivity index (χ1n) is 11.1. The molecule has 0 spiro atoms. The van der Waals surface area contributed by atoms with Crippen LogP contribution in [-0.4, -0.2) is 35.0 Å². The van der Waals surface area contributed by atoms with Crippen molar-refractivity contribution in [3.05, 3.63) is 89.3 Å². The normalized spacial score (nSPS) is 17.1. The lowest BCUT2D eigenvalue weighted by Gasteiger charge is -2.26. The number of hydrogen-bond acceptors (Lipinski definition) is 6. The van der Waals surface area contributed by atoms with Crippen molar-refractivity contribution in [3.63, 3.8) is 0 Å². The minimum Gasteiger partial charge on any atom is -0.507 e. The molecule has 1 aliphatic rings. The monoisotopic (exact) mass is 458 g/mol. The molecule has 0 aliphatic carbocycles. The van der Waals surface area contributed by atoms with E-state index in [0.29, 0.717) is 41.5 Å². The molecular weight excluding hydrogens is 432 g/mol.